The van der Waals surface area contributed by atoms with E-state index in [1.54, 1.807) is 6.07 Å². The number of benzene rings is 1. The molecule has 0 aromatic heterocycles. The van der Waals surface area contributed by atoms with Gasteiger partial charge in [0, 0.05) is 13.2 Å². The molecule has 1 atom stereocenters. The van der Waals surface area contributed by atoms with E-state index in [9.17, 15) is 14.7 Å². The number of carbonyl (C=O) groups excluding carboxylic acids is 1. The average molecular weight is 305 g/mol. The lowest BCUT2D eigenvalue weighted by molar-refractivity contribution is -0.153. The summed E-state index contributed by atoms with van der Waals surface area (Å²) < 4.78 is 5.38. The maximum atomic E-state index is 12.3. The van der Waals surface area contributed by atoms with Crippen LogP contribution in [-0.4, -0.2) is 41.6 Å². The van der Waals surface area contributed by atoms with Gasteiger partial charge in [0.25, 0.3) is 0 Å². The minimum absolute atomic E-state index is 0.0460. The van der Waals surface area contributed by atoms with Gasteiger partial charge in [0.1, 0.15) is 6.61 Å². The maximum Gasteiger partial charge on any atom is 0.331 e. The topological polar surface area (TPSA) is 66.8 Å². The summed E-state index contributed by atoms with van der Waals surface area (Å²) in [4.78, 5) is 25.3. The first-order valence-corrected chi connectivity index (χ1v) is 7.83. The number of amides is 1. The van der Waals surface area contributed by atoms with Crippen molar-refractivity contribution in [2.75, 3.05) is 19.8 Å². The lowest BCUT2D eigenvalue weighted by atomic mass is 9.92. The number of carboxylic acids is 1. The first-order chi connectivity index (χ1) is 10.6. The predicted octanol–water partition coefficient (Wildman–Crippen LogP) is 2.40. The highest BCUT2D eigenvalue weighted by molar-refractivity contribution is 5.86. The molecule has 5 heteroatoms. The molecule has 1 aliphatic heterocycles. The number of unbranched alkanes of at least 4 members (excludes halogenated alkanes) is 2. The molecule has 1 N–H and O–H groups in total. The van der Waals surface area contributed by atoms with Gasteiger partial charge in [-0.05, 0) is 24.0 Å². The molecule has 0 bridgehead atoms. The molecule has 2 rings (SSSR count). The summed E-state index contributed by atoms with van der Waals surface area (Å²) in [5.74, 6) is -1.25. The van der Waals surface area contributed by atoms with E-state index >= 15 is 0 Å². The Hall–Kier alpha value is -1.88. The van der Waals surface area contributed by atoms with Crippen molar-refractivity contribution >= 4 is 11.9 Å². The van der Waals surface area contributed by atoms with Crippen molar-refractivity contribution < 1.29 is 19.4 Å². The van der Waals surface area contributed by atoms with E-state index in [1.807, 2.05) is 18.2 Å². The zero-order valence-corrected chi connectivity index (χ0v) is 13.0. The summed E-state index contributed by atoms with van der Waals surface area (Å²) in [5.41, 5.74) is 1.71. The van der Waals surface area contributed by atoms with Crippen LogP contribution < -0.4 is 0 Å². The summed E-state index contributed by atoms with van der Waals surface area (Å²) in [6, 6.07) is 6.51. The Morgan fingerprint density at radius 1 is 1.32 bits per heavy atom. The van der Waals surface area contributed by atoms with Crippen LogP contribution in [-0.2, 0) is 20.7 Å². The monoisotopic (exact) mass is 305 g/mol. The van der Waals surface area contributed by atoms with Gasteiger partial charge in [0.05, 0.1) is 0 Å². The highest BCUT2D eigenvalue weighted by atomic mass is 16.5. The Labute approximate surface area is 130 Å². The maximum absolute atomic E-state index is 12.3. The van der Waals surface area contributed by atoms with E-state index in [4.69, 9.17) is 4.74 Å². The van der Waals surface area contributed by atoms with E-state index in [1.165, 1.54) is 4.90 Å². The molecule has 1 amide bonds. The number of rotatable bonds is 7. The van der Waals surface area contributed by atoms with Gasteiger partial charge in [0.2, 0.25) is 5.91 Å². The predicted molar refractivity (Wildman–Crippen MR) is 82.6 cm³/mol. The quantitative estimate of drug-likeness (QED) is 0.786. The molecule has 0 saturated carbocycles. The van der Waals surface area contributed by atoms with Gasteiger partial charge in [-0.25, -0.2) is 4.79 Å². The summed E-state index contributed by atoms with van der Waals surface area (Å²) >= 11 is 0. The van der Waals surface area contributed by atoms with Crippen LogP contribution >= 0.6 is 0 Å². The second-order valence-electron chi connectivity index (χ2n) is 5.54. The summed E-state index contributed by atoms with van der Waals surface area (Å²) in [6.07, 6.45) is 3.78. The SMILES string of the molecule is CCCCCOCC(=O)N1CCc2ccccc2C1C(=O)O. The van der Waals surface area contributed by atoms with Crippen LogP contribution in [0.15, 0.2) is 24.3 Å². The number of hydrogen-bond donors (Lipinski definition) is 1. The zero-order chi connectivity index (χ0) is 15.9. The molecule has 1 aliphatic rings. The number of nitrogens with zero attached hydrogens (tertiary/aromatic N) is 1. The van der Waals surface area contributed by atoms with Gasteiger partial charge in [-0.1, -0.05) is 44.0 Å². The Bertz CT molecular complexity index is 529. The van der Waals surface area contributed by atoms with Gasteiger partial charge >= 0.3 is 5.97 Å². The van der Waals surface area contributed by atoms with E-state index < -0.39 is 12.0 Å². The number of hydrogen-bond acceptors (Lipinski definition) is 3. The number of fused-ring (bicyclic) bond motifs is 1. The first kappa shape index (κ1) is 16.5. The van der Waals surface area contributed by atoms with E-state index in [2.05, 4.69) is 6.92 Å². The number of carboxylic acid groups (broad SMARTS) is 1. The highest BCUT2D eigenvalue weighted by Gasteiger charge is 2.35. The van der Waals surface area contributed by atoms with Gasteiger partial charge < -0.3 is 14.7 Å². The molecule has 22 heavy (non-hydrogen) atoms. The lowest BCUT2D eigenvalue weighted by Crippen LogP contribution is -2.45. The molecule has 0 aliphatic carbocycles. The van der Waals surface area contributed by atoms with Gasteiger partial charge in [-0.3, -0.25) is 4.79 Å². The largest absolute Gasteiger partial charge is 0.479 e. The molecule has 120 valence electrons. The molecule has 0 radical (unpaired) electrons. The molecule has 1 unspecified atom stereocenters. The van der Waals surface area contributed by atoms with Gasteiger partial charge in [-0.15, -0.1) is 0 Å². The van der Waals surface area contributed by atoms with Crippen molar-refractivity contribution in [1.82, 2.24) is 4.90 Å². The Kier molecular flexibility index (Phi) is 5.95. The third-order valence-electron chi connectivity index (χ3n) is 3.96. The van der Waals surface area contributed by atoms with E-state index in [-0.39, 0.29) is 12.5 Å². The molecular formula is C17H23NO4. The van der Waals surface area contributed by atoms with Crippen molar-refractivity contribution in [2.24, 2.45) is 0 Å². The van der Waals surface area contributed by atoms with Crippen LogP contribution in [0.3, 0.4) is 0 Å². The molecule has 1 heterocycles. The van der Waals surface area contributed by atoms with Crippen LogP contribution in [0.2, 0.25) is 0 Å². The van der Waals surface area contributed by atoms with Crippen LogP contribution in [0.25, 0.3) is 0 Å². The number of ether oxygens (including phenoxy) is 1. The van der Waals surface area contributed by atoms with Crippen molar-refractivity contribution in [3.05, 3.63) is 35.4 Å². The average Bonchev–Trinajstić information content (AvgIpc) is 2.53. The van der Waals surface area contributed by atoms with Crippen LogP contribution in [0.1, 0.15) is 43.4 Å². The molecule has 0 fully saturated rings. The van der Waals surface area contributed by atoms with Crippen LogP contribution in [0.4, 0.5) is 0 Å². The van der Waals surface area contributed by atoms with Crippen molar-refractivity contribution in [1.29, 1.82) is 0 Å². The summed E-state index contributed by atoms with van der Waals surface area (Å²) in [6.45, 7) is 3.02. The van der Waals surface area contributed by atoms with E-state index in [0.717, 1.165) is 24.8 Å². The Morgan fingerprint density at radius 2 is 2.09 bits per heavy atom. The highest BCUT2D eigenvalue weighted by Crippen LogP contribution is 2.29. The fourth-order valence-electron chi connectivity index (χ4n) is 2.80. The molecule has 1 aromatic carbocycles. The number of aliphatic carboxylic acids is 1. The normalized spacial score (nSPS) is 17.1. The van der Waals surface area contributed by atoms with Gasteiger partial charge in [0.15, 0.2) is 6.04 Å². The fraction of sp³-hybridized carbons (Fsp3) is 0.529. The third-order valence-corrected chi connectivity index (χ3v) is 3.96. The Balaban J connectivity index is 2.01. The first-order valence-electron chi connectivity index (χ1n) is 7.83. The molecular weight excluding hydrogens is 282 g/mol. The van der Waals surface area contributed by atoms with Crippen molar-refractivity contribution in [2.45, 2.75) is 38.6 Å². The third kappa shape index (κ3) is 3.85. The molecule has 0 spiro atoms. The standard InChI is InChI=1S/C17H23NO4/c1-2-3-6-11-22-12-15(19)18-10-9-13-7-4-5-8-14(13)16(18)17(20)21/h4-5,7-8,16H,2-3,6,9-12H2,1H3,(H,20,21). The molecule has 0 saturated heterocycles. The lowest BCUT2D eigenvalue weighted by Gasteiger charge is -2.34. The van der Waals surface area contributed by atoms with Crippen LogP contribution in [0.5, 0.6) is 0 Å². The smallest absolute Gasteiger partial charge is 0.331 e. The second-order valence-corrected chi connectivity index (χ2v) is 5.54. The fourth-order valence-corrected chi connectivity index (χ4v) is 2.80. The minimum Gasteiger partial charge on any atom is -0.479 e. The minimum atomic E-state index is -0.994. The van der Waals surface area contributed by atoms with E-state index in [0.29, 0.717) is 25.1 Å². The van der Waals surface area contributed by atoms with Crippen molar-refractivity contribution in [3.63, 3.8) is 0 Å². The second kappa shape index (κ2) is 7.94. The summed E-state index contributed by atoms with van der Waals surface area (Å²) in [5, 5.41) is 9.51. The Morgan fingerprint density at radius 3 is 2.82 bits per heavy atom. The molecule has 1 aromatic rings. The summed E-state index contributed by atoms with van der Waals surface area (Å²) in [7, 11) is 0. The zero-order valence-electron chi connectivity index (χ0n) is 13.0. The van der Waals surface area contributed by atoms with Crippen molar-refractivity contribution in [3.8, 4) is 0 Å². The van der Waals surface area contributed by atoms with Gasteiger partial charge in [-0.2, -0.15) is 0 Å². The van der Waals surface area contributed by atoms with Crippen LogP contribution in [0, 0.1) is 0 Å². The molecule has 5 nitrogen and oxygen atoms in total. The number of carbonyl (C=O) groups is 2.